The van der Waals surface area contributed by atoms with Gasteiger partial charge in [0.25, 0.3) is 0 Å². The van der Waals surface area contributed by atoms with Crippen molar-refractivity contribution >= 4 is 11.6 Å². The van der Waals surface area contributed by atoms with Crippen molar-refractivity contribution in [3.63, 3.8) is 0 Å². The topological polar surface area (TPSA) is 49.8 Å². The fraction of sp³-hybridized carbons (Fsp3) is 0.714. The highest BCUT2D eigenvalue weighted by Gasteiger charge is 2.39. The Kier molecular flexibility index (Phi) is 3.10. The van der Waals surface area contributed by atoms with Crippen molar-refractivity contribution in [1.29, 1.82) is 0 Å². The molecule has 0 radical (unpaired) electrons. The molecule has 0 saturated heterocycles. The highest BCUT2D eigenvalue weighted by atomic mass is 15.1. The number of nitrogens with one attached hydrogen (secondary N) is 2. The van der Waals surface area contributed by atoms with Gasteiger partial charge >= 0.3 is 0 Å². The van der Waals surface area contributed by atoms with Crippen LogP contribution >= 0.6 is 0 Å². The zero-order valence-corrected chi connectivity index (χ0v) is 11.2. The molecule has 3 rings (SSSR count). The predicted molar refractivity (Wildman–Crippen MR) is 73.8 cm³/mol. The Bertz CT molecular complexity index is 432. The van der Waals surface area contributed by atoms with Crippen LogP contribution in [0.5, 0.6) is 0 Å². The van der Waals surface area contributed by atoms with E-state index in [1.54, 1.807) is 6.33 Å². The van der Waals surface area contributed by atoms with Crippen molar-refractivity contribution in [3.8, 4) is 0 Å². The lowest BCUT2D eigenvalue weighted by Crippen LogP contribution is -2.27. The normalized spacial score (nSPS) is 29.6. The second kappa shape index (κ2) is 4.75. The summed E-state index contributed by atoms with van der Waals surface area (Å²) in [6.45, 7) is 5.07. The minimum atomic E-state index is 0.631. The average molecular weight is 246 g/mol. The minimum absolute atomic E-state index is 0.631. The molecule has 0 spiro atoms. The van der Waals surface area contributed by atoms with E-state index in [0.717, 1.165) is 35.6 Å². The fourth-order valence-corrected chi connectivity index (χ4v) is 3.54. The van der Waals surface area contributed by atoms with Crippen molar-refractivity contribution < 1.29 is 0 Å². The molecule has 1 heterocycles. The Morgan fingerprint density at radius 1 is 1.22 bits per heavy atom. The first-order valence-corrected chi connectivity index (χ1v) is 7.10. The number of fused-ring (bicyclic) bond motifs is 2. The van der Waals surface area contributed by atoms with E-state index in [9.17, 15) is 0 Å². The molecular weight excluding hydrogens is 224 g/mol. The third-order valence-electron chi connectivity index (χ3n) is 4.49. The Morgan fingerprint density at radius 3 is 2.72 bits per heavy atom. The fourth-order valence-electron chi connectivity index (χ4n) is 3.54. The van der Waals surface area contributed by atoms with E-state index in [1.165, 1.54) is 25.7 Å². The molecule has 2 aliphatic rings. The van der Waals surface area contributed by atoms with Crippen LogP contribution in [-0.4, -0.2) is 22.6 Å². The smallest absolute Gasteiger partial charge is 0.134 e. The molecule has 0 aromatic carbocycles. The summed E-state index contributed by atoms with van der Waals surface area (Å²) < 4.78 is 0. The zero-order chi connectivity index (χ0) is 12.5. The number of hydrogen-bond acceptors (Lipinski definition) is 4. The Balaban J connectivity index is 1.74. The molecule has 2 bridgehead atoms. The zero-order valence-electron chi connectivity index (χ0n) is 11.2. The van der Waals surface area contributed by atoms with Gasteiger partial charge < -0.3 is 10.6 Å². The Hall–Kier alpha value is -1.32. The van der Waals surface area contributed by atoms with Crippen molar-refractivity contribution in [2.45, 2.75) is 45.6 Å². The van der Waals surface area contributed by atoms with Gasteiger partial charge in [0, 0.05) is 18.2 Å². The molecule has 18 heavy (non-hydrogen) atoms. The van der Waals surface area contributed by atoms with Gasteiger partial charge in [-0.05, 0) is 44.9 Å². The molecule has 2 N–H and O–H groups in total. The second-order valence-electron chi connectivity index (χ2n) is 5.65. The van der Waals surface area contributed by atoms with Crippen LogP contribution in [0, 0.1) is 18.8 Å². The SMILES string of the molecule is CCNc1ncnc(NC2CC3CCC2C3)c1C. The number of nitrogens with zero attached hydrogens (tertiary/aromatic N) is 2. The highest BCUT2D eigenvalue weighted by Crippen LogP contribution is 2.45. The molecule has 1 aromatic heterocycles. The van der Waals surface area contributed by atoms with Gasteiger partial charge in [-0.25, -0.2) is 9.97 Å². The van der Waals surface area contributed by atoms with Crippen LogP contribution in [0.3, 0.4) is 0 Å². The molecule has 0 amide bonds. The van der Waals surface area contributed by atoms with Gasteiger partial charge in [-0.3, -0.25) is 0 Å². The summed E-state index contributed by atoms with van der Waals surface area (Å²) in [5, 5.41) is 6.93. The van der Waals surface area contributed by atoms with Crippen LogP contribution in [0.2, 0.25) is 0 Å². The van der Waals surface area contributed by atoms with Crippen molar-refractivity contribution in [2.75, 3.05) is 17.2 Å². The lowest BCUT2D eigenvalue weighted by molar-refractivity contribution is 0.438. The number of anilines is 2. The summed E-state index contributed by atoms with van der Waals surface area (Å²) in [4.78, 5) is 8.69. The summed E-state index contributed by atoms with van der Waals surface area (Å²) in [6.07, 6.45) is 7.23. The van der Waals surface area contributed by atoms with Crippen LogP contribution in [0.25, 0.3) is 0 Å². The summed E-state index contributed by atoms with van der Waals surface area (Å²) in [7, 11) is 0. The number of aromatic nitrogens is 2. The summed E-state index contributed by atoms with van der Waals surface area (Å²) >= 11 is 0. The second-order valence-corrected chi connectivity index (χ2v) is 5.65. The van der Waals surface area contributed by atoms with Gasteiger partial charge in [0.05, 0.1) is 0 Å². The molecule has 4 heteroatoms. The molecule has 2 saturated carbocycles. The first kappa shape index (κ1) is 11.8. The molecule has 3 atom stereocenters. The van der Waals surface area contributed by atoms with E-state index in [2.05, 4.69) is 34.4 Å². The van der Waals surface area contributed by atoms with E-state index in [4.69, 9.17) is 0 Å². The largest absolute Gasteiger partial charge is 0.370 e. The molecular formula is C14H22N4. The lowest BCUT2D eigenvalue weighted by Gasteiger charge is -2.24. The summed E-state index contributed by atoms with van der Waals surface area (Å²) in [6, 6.07) is 0.631. The molecule has 2 fully saturated rings. The van der Waals surface area contributed by atoms with Crippen molar-refractivity contribution in [3.05, 3.63) is 11.9 Å². The lowest BCUT2D eigenvalue weighted by atomic mass is 9.95. The monoisotopic (exact) mass is 246 g/mol. The predicted octanol–water partition coefficient (Wildman–Crippen LogP) is 2.82. The molecule has 4 nitrogen and oxygen atoms in total. The third kappa shape index (κ3) is 2.04. The number of hydrogen-bond donors (Lipinski definition) is 2. The van der Waals surface area contributed by atoms with Gasteiger partial charge in [0.15, 0.2) is 0 Å². The van der Waals surface area contributed by atoms with E-state index in [1.807, 2.05) is 0 Å². The van der Waals surface area contributed by atoms with Crippen molar-refractivity contribution in [1.82, 2.24) is 9.97 Å². The van der Waals surface area contributed by atoms with Gasteiger partial charge in [-0.2, -0.15) is 0 Å². The van der Waals surface area contributed by atoms with Crippen LogP contribution in [0.15, 0.2) is 6.33 Å². The van der Waals surface area contributed by atoms with E-state index >= 15 is 0 Å². The minimum Gasteiger partial charge on any atom is -0.370 e. The maximum Gasteiger partial charge on any atom is 0.134 e. The molecule has 1 aromatic rings. The summed E-state index contributed by atoms with van der Waals surface area (Å²) in [5.41, 5.74) is 1.14. The van der Waals surface area contributed by atoms with Crippen molar-refractivity contribution in [2.24, 2.45) is 11.8 Å². The standard InChI is InChI=1S/C14H22N4/c1-3-15-13-9(2)14(17-8-16-13)18-12-7-10-4-5-11(12)6-10/h8,10-12H,3-7H2,1-2H3,(H2,15,16,17,18). The first-order valence-electron chi connectivity index (χ1n) is 7.10. The molecule has 0 aliphatic heterocycles. The van der Waals surface area contributed by atoms with Gasteiger partial charge in [-0.15, -0.1) is 0 Å². The quantitative estimate of drug-likeness (QED) is 0.857. The Labute approximate surface area is 109 Å². The van der Waals surface area contributed by atoms with Crippen LogP contribution in [0.1, 0.15) is 38.2 Å². The molecule has 98 valence electrons. The first-order chi connectivity index (χ1) is 8.78. The van der Waals surface area contributed by atoms with Gasteiger partial charge in [-0.1, -0.05) is 6.42 Å². The van der Waals surface area contributed by atoms with Crippen LogP contribution in [0.4, 0.5) is 11.6 Å². The van der Waals surface area contributed by atoms with E-state index < -0.39 is 0 Å². The van der Waals surface area contributed by atoms with E-state index in [0.29, 0.717) is 6.04 Å². The summed E-state index contributed by atoms with van der Waals surface area (Å²) in [5.74, 6) is 3.80. The highest BCUT2D eigenvalue weighted by molar-refractivity contribution is 5.56. The van der Waals surface area contributed by atoms with Gasteiger partial charge in [0.2, 0.25) is 0 Å². The third-order valence-corrected chi connectivity index (χ3v) is 4.49. The maximum absolute atomic E-state index is 4.41. The maximum atomic E-state index is 4.41. The Morgan fingerprint density at radius 2 is 2.06 bits per heavy atom. The molecule has 3 unspecified atom stereocenters. The van der Waals surface area contributed by atoms with Crippen LogP contribution in [-0.2, 0) is 0 Å². The number of rotatable bonds is 4. The van der Waals surface area contributed by atoms with Gasteiger partial charge in [0.1, 0.15) is 18.0 Å². The average Bonchev–Trinajstić information content (AvgIpc) is 2.96. The van der Waals surface area contributed by atoms with Crippen LogP contribution < -0.4 is 10.6 Å². The van der Waals surface area contributed by atoms with E-state index in [-0.39, 0.29) is 0 Å². The molecule has 2 aliphatic carbocycles.